The quantitative estimate of drug-likeness (QED) is 0.0988. The number of nitro benzene ring substituents is 1. The number of esters is 1. The van der Waals surface area contributed by atoms with Crippen LogP contribution in [-0.2, 0) is 16.1 Å². The Bertz CT molecular complexity index is 1280. The van der Waals surface area contributed by atoms with Crippen LogP contribution in [0.15, 0.2) is 71.4 Å². The Morgan fingerprint density at radius 1 is 1.06 bits per heavy atom. The second-order valence-corrected chi connectivity index (χ2v) is 9.63. The Labute approximate surface area is 220 Å². The van der Waals surface area contributed by atoms with Crippen molar-refractivity contribution < 1.29 is 19.2 Å². The first-order chi connectivity index (χ1) is 15.8. The Kier molecular flexibility index (Phi) is 7.29. The van der Waals surface area contributed by atoms with E-state index in [9.17, 15) is 14.9 Å². The molecule has 0 aliphatic carbocycles. The van der Waals surface area contributed by atoms with E-state index in [-0.39, 0.29) is 17.3 Å². The fourth-order valence-electron chi connectivity index (χ4n) is 2.95. The number of ether oxygens (including phenoxy) is 2. The van der Waals surface area contributed by atoms with Gasteiger partial charge in [-0.2, -0.15) is 0 Å². The van der Waals surface area contributed by atoms with Crippen molar-refractivity contribution in [1.82, 2.24) is 0 Å². The minimum Gasteiger partial charge on any atom is -0.487 e. The van der Waals surface area contributed by atoms with Crippen molar-refractivity contribution in [3.8, 4) is 5.75 Å². The van der Waals surface area contributed by atoms with Crippen LogP contribution in [0.1, 0.15) is 16.7 Å². The Morgan fingerprint density at radius 3 is 2.30 bits per heavy atom. The number of halogens is 3. The van der Waals surface area contributed by atoms with E-state index in [1.807, 2.05) is 36.4 Å². The van der Waals surface area contributed by atoms with Crippen molar-refractivity contribution in [3.05, 3.63) is 105 Å². The van der Waals surface area contributed by atoms with Crippen LogP contribution in [0.5, 0.6) is 5.75 Å². The predicted molar refractivity (Wildman–Crippen MR) is 141 cm³/mol. The molecule has 0 unspecified atom stereocenters. The van der Waals surface area contributed by atoms with Gasteiger partial charge in [0.15, 0.2) is 5.70 Å². The maximum Gasteiger partial charge on any atom is 0.363 e. The zero-order valence-electron chi connectivity index (χ0n) is 16.6. The normalized spacial score (nSPS) is 14.2. The van der Waals surface area contributed by atoms with E-state index in [1.165, 1.54) is 24.3 Å². The van der Waals surface area contributed by atoms with E-state index in [2.05, 4.69) is 50.2 Å². The van der Waals surface area contributed by atoms with Crippen LogP contribution < -0.4 is 4.74 Å². The molecule has 0 aromatic heterocycles. The minimum absolute atomic E-state index is 0.0537. The Morgan fingerprint density at radius 2 is 1.70 bits per heavy atom. The highest BCUT2D eigenvalue weighted by atomic mass is 127. The highest BCUT2D eigenvalue weighted by Crippen LogP contribution is 2.31. The Balaban J connectivity index is 1.53. The lowest BCUT2D eigenvalue weighted by Crippen LogP contribution is -2.05. The number of carbonyl (C=O) groups excluding carboxylic acids is 1. The van der Waals surface area contributed by atoms with Gasteiger partial charge in [0.05, 0.1) is 12.1 Å². The summed E-state index contributed by atoms with van der Waals surface area (Å²) in [5.41, 5.74) is 2.33. The highest BCUT2D eigenvalue weighted by molar-refractivity contribution is 14.1. The number of nitrogens with zero attached hydrogens (tertiary/aromatic N) is 2. The number of benzene rings is 3. The third kappa shape index (κ3) is 5.71. The number of non-ortho nitro benzene ring substituents is 1. The molecule has 0 spiro atoms. The molecule has 1 aliphatic heterocycles. The van der Waals surface area contributed by atoms with Crippen LogP contribution in [0, 0.1) is 17.3 Å². The van der Waals surface area contributed by atoms with Gasteiger partial charge in [0.1, 0.15) is 12.4 Å². The van der Waals surface area contributed by atoms with Gasteiger partial charge in [-0.1, -0.05) is 23.7 Å². The summed E-state index contributed by atoms with van der Waals surface area (Å²) in [6, 6.07) is 16.9. The van der Waals surface area contributed by atoms with E-state index < -0.39 is 10.9 Å². The smallest absolute Gasteiger partial charge is 0.363 e. The molecule has 10 heteroatoms. The van der Waals surface area contributed by atoms with E-state index in [0.717, 1.165) is 24.0 Å². The number of carbonyl (C=O) groups is 1. The molecule has 1 aliphatic rings. The topological polar surface area (TPSA) is 91.0 Å². The molecule has 0 amide bonds. The predicted octanol–water partition coefficient (Wildman–Crippen LogP) is 6.38. The summed E-state index contributed by atoms with van der Waals surface area (Å²) in [6.07, 6.45) is 1.63. The maximum atomic E-state index is 12.3. The van der Waals surface area contributed by atoms with E-state index in [4.69, 9.17) is 21.1 Å². The largest absolute Gasteiger partial charge is 0.487 e. The lowest BCUT2D eigenvalue weighted by molar-refractivity contribution is -0.384. The number of rotatable bonds is 6. The number of nitro groups is 1. The van der Waals surface area contributed by atoms with Gasteiger partial charge >= 0.3 is 5.97 Å². The molecule has 0 N–H and O–H groups in total. The molecule has 0 fully saturated rings. The summed E-state index contributed by atoms with van der Waals surface area (Å²) in [4.78, 5) is 26.9. The van der Waals surface area contributed by atoms with Crippen LogP contribution in [0.2, 0.25) is 5.02 Å². The van der Waals surface area contributed by atoms with Gasteiger partial charge < -0.3 is 9.47 Å². The van der Waals surface area contributed by atoms with Crippen LogP contribution >= 0.6 is 56.8 Å². The molecule has 0 saturated carbocycles. The molecule has 7 nitrogen and oxygen atoms in total. The van der Waals surface area contributed by atoms with E-state index in [0.29, 0.717) is 17.2 Å². The molecule has 3 aromatic carbocycles. The number of hydrogen-bond donors (Lipinski definition) is 0. The minimum atomic E-state index is -0.587. The highest BCUT2D eigenvalue weighted by Gasteiger charge is 2.25. The average Bonchev–Trinajstić information content (AvgIpc) is 3.14. The molecule has 0 radical (unpaired) electrons. The number of cyclic esters (lactones) is 1. The van der Waals surface area contributed by atoms with E-state index >= 15 is 0 Å². The zero-order chi connectivity index (χ0) is 23.5. The van der Waals surface area contributed by atoms with Gasteiger partial charge in [-0.05, 0) is 98.8 Å². The summed E-state index contributed by atoms with van der Waals surface area (Å²) < 4.78 is 13.0. The molecule has 1 heterocycles. The monoisotopic (exact) mass is 686 g/mol. The van der Waals surface area contributed by atoms with Crippen molar-refractivity contribution in [2.45, 2.75) is 6.61 Å². The van der Waals surface area contributed by atoms with Crippen LogP contribution in [0.3, 0.4) is 0 Å². The first-order valence-corrected chi connectivity index (χ1v) is 12.0. The van der Waals surface area contributed by atoms with E-state index in [1.54, 1.807) is 6.08 Å². The van der Waals surface area contributed by atoms with Crippen molar-refractivity contribution in [2.75, 3.05) is 0 Å². The second kappa shape index (κ2) is 10.2. The van der Waals surface area contributed by atoms with Gasteiger partial charge in [-0.25, -0.2) is 9.79 Å². The molecule has 166 valence electrons. The fraction of sp³-hybridized carbons (Fsp3) is 0.0435. The first-order valence-electron chi connectivity index (χ1n) is 9.44. The average molecular weight is 687 g/mol. The first kappa shape index (κ1) is 23.6. The third-order valence-corrected chi connectivity index (χ3v) is 6.42. The summed E-state index contributed by atoms with van der Waals surface area (Å²) in [6.45, 7) is 0.402. The van der Waals surface area contributed by atoms with Crippen molar-refractivity contribution in [3.63, 3.8) is 0 Å². The lowest BCUT2D eigenvalue weighted by Gasteiger charge is -2.11. The zero-order valence-corrected chi connectivity index (χ0v) is 21.7. The van der Waals surface area contributed by atoms with Crippen molar-refractivity contribution >= 4 is 80.4 Å². The van der Waals surface area contributed by atoms with Gasteiger partial charge in [0, 0.05) is 22.7 Å². The second-order valence-electron chi connectivity index (χ2n) is 6.87. The Hall–Kier alpha value is -2.51. The number of hydrogen-bond acceptors (Lipinski definition) is 6. The third-order valence-electron chi connectivity index (χ3n) is 4.57. The SMILES string of the molecule is O=C1OC(c2ccc([N+](=O)[O-])cc2)=N/C1=C\c1cc(I)c(OCc2ccc(Cl)cc2)c(I)c1. The molecular formula is C23H13ClI2N2O5. The maximum absolute atomic E-state index is 12.3. The van der Waals surface area contributed by atoms with Gasteiger partial charge in [0.2, 0.25) is 5.90 Å². The summed E-state index contributed by atoms with van der Waals surface area (Å²) in [5.74, 6) is 0.266. The standard InChI is InChI=1S/C23H13ClI2N2O5/c24-16-5-1-13(2-6-16)12-32-21-18(25)9-14(10-19(21)26)11-20-23(29)33-22(27-20)15-3-7-17(8-4-15)28(30)31/h1-11H,12H2/b20-11-. The number of aliphatic imine (C=N–C) groups is 1. The van der Waals surface area contributed by atoms with Gasteiger partial charge in [-0.15, -0.1) is 0 Å². The molecule has 3 aromatic rings. The summed E-state index contributed by atoms with van der Waals surface area (Å²) in [7, 11) is 0. The lowest BCUT2D eigenvalue weighted by atomic mass is 10.2. The molecule has 0 saturated heterocycles. The van der Waals surface area contributed by atoms with Crippen LogP contribution in [-0.4, -0.2) is 16.8 Å². The molecular weight excluding hydrogens is 674 g/mol. The molecule has 4 rings (SSSR count). The van der Waals surface area contributed by atoms with Crippen molar-refractivity contribution in [2.24, 2.45) is 4.99 Å². The van der Waals surface area contributed by atoms with Crippen LogP contribution in [0.25, 0.3) is 6.08 Å². The summed E-state index contributed by atoms with van der Waals surface area (Å²) >= 11 is 10.3. The summed E-state index contributed by atoms with van der Waals surface area (Å²) in [5, 5.41) is 11.5. The fourth-order valence-corrected chi connectivity index (χ4v) is 5.21. The molecule has 33 heavy (non-hydrogen) atoms. The molecule has 0 atom stereocenters. The van der Waals surface area contributed by atoms with Gasteiger partial charge in [0.25, 0.3) is 5.69 Å². The van der Waals surface area contributed by atoms with Crippen molar-refractivity contribution in [1.29, 1.82) is 0 Å². The van der Waals surface area contributed by atoms with Gasteiger partial charge in [-0.3, -0.25) is 10.1 Å². The van der Waals surface area contributed by atoms with Crippen LogP contribution in [0.4, 0.5) is 5.69 Å². The molecule has 0 bridgehead atoms.